The molecule has 0 radical (unpaired) electrons. The molecule has 0 saturated carbocycles. The largest absolute Gasteiger partial charge is 0.356 e. The topological polar surface area (TPSA) is 49.3 Å². The van der Waals surface area contributed by atoms with E-state index in [9.17, 15) is 4.79 Å². The molecule has 3 heterocycles. The zero-order chi connectivity index (χ0) is 17.9. The maximum atomic E-state index is 12.6. The van der Waals surface area contributed by atoms with Gasteiger partial charge in [-0.05, 0) is 38.7 Å². The smallest absolute Gasteiger partial charge is 0.225 e. The molecule has 0 N–H and O–H groups in total. The van der Waals surface area contributed by atoms with Gasteiger partial charge in [-0.3, -0.25) is 4.79 Å². The number of piperidine rings is 1. The number of aryl methyl sites for hydroxylation is 1. The maximum absolute atomic E-state index is 12.6. The molecule has 0 spiro atoms. The lowest BCUT2D eigenvalue weighted by atomic mass is 9.95. The number of aromatic nitrogens is 2. The summed E-state index contributed by atoms with van der Waals surface area (Å²) in [4.78, 5) is 25.9. The van der Waals surface area contributed by atoms with Crippen molar-refractivity contribution in [3.63, 3.8) is 0 Å². The molecule has 4 rings (SSSR count). The van der Waals surface area contributed by atoms with Crippen LogP contribution in [0.2, 0.25) is 0 Å². The van der Waals surface area contributed by atoms with Gasteiger partial charge in [0.25, 0.3) is 0 Å². The molecule has 1 aromatic carbocycles. The lowest BCUT2D eigenvalue weighted by molar-refractivity contribution is -0.135. The molecule has 1 aromatic heterocycles. The maximum Gasteiger partial charge on any atom is 0.225 e. The van der Waals surface area contributed by atoms with Crippen LogP contribution < -0.4 is 4.90 Å². The number of carbonyl (C=O) groups excluding carboxylic acids is 1. The summed E-state index contributed by atoms with van der Waals surface area (Å²) < 4.78 is 0. The highest BCUT2D eigenvalue weighted by Crippen LogP contribution is 2.27. The van der Waals surface area contributed by atoms with Gasteiger partial charge in [0.2, 0.25) is 5.91 Å². The Morgan fingerprint density at radius 3 is 2.54 bits per heavy atom. The monoisotopic (exact) mass is 350 g/mol. The molecule has 1 amide bonds. The van der Waals surface area contributed by atoms with Crippen molar-refractivity contribution in [2.75, 3.05) is 31.1 Å². The summed E-state index contributed by atoms with van der Waals surface area (Å²) in [6, 6.07) is 10.4. The fourth-order valence-electron chi connectivity index (χ4n) is 4.03. The molecule has 2 fully saturated rings. The first kappa shape index (κ1) is 17.0. The Labute approximate surface area is 155 Å². The number of amides is 1. The van der Waals surface area contributed by atoms with Gasteiger partial charge < -0.3 is 9.80 Å². The minimum atomic E-state index is 0.183. The fourth-order valence-corrected chi connectivity index (χ4v) is 4.03. The van der Waals surface area contributed by atoms with E-state index in [4.69, 9.17) is 0 Å². The van der Waals surface area contributed by atoms with Crippen molar-refractivity contribution in [1.82, 2.24) is 14.9 Å². The van der Waals surface area contributed by atoms with E-state index < -0.39 is 0 Å². The van der Waals surface area contributed by atoms with Crippen molar-refractivity contribution in [1.29, 1.82) is 0 Å². The SMILES string of the molecule is Cc1cccc(-c2cc(N3CCC(C(=O)N4CCCC4)CC3)ncn2)c1. The number of anilines is 1. The van der Waals surface area contributed by atoms with Crippen LogP contribution in [0, 0.1) is 12.8 Å². The van der Waals surface area contributed by atoms with Crippen molar-refractivity contribution in [3.8, 4) is 11.3 Å². The van der Waals surface area contributed by atoms with Crippen molar-refractivity contribution in [2.24, 2.45) is 5.92 Å². The molecule has 0 atom stereocenters. The zero-order valence-corrected chi connectivity index (χ0v) is 15.4. The van der Waals surface area contributed by atoms with Crippen molar-refractivity contribution in [2.45, 2.75) is 32.6 Å². The van der Waals surface area contributed by atoms with Crippen molar-refractivity contribution < 1.29 is 4.79 Å². The third-order valence-electron chi connectivity index (χ3n) is 5.55. The second-order valence-electron chi connectivity index (χ2n) is 7.42. The Hall–Kier alpha value is -2.43. The Bertz CT molecular complexity index is 777. The van der Waals surface area contributed by atoms with Crippen LogP contribution in [0.1, 0.15) is 31.2 Å². The molecular weight excluding hydrogens is 324 g/mol. The van der Waals surface area contributed by atoms with Crippen molar-refractivity contribution in [3.05, 3.63) is 42.2 Å². The number of hydrogen-bond donors (Lipinski definition) is 0. The first-order valence-corrected chi connectivity index (χ1v) is 9.63. The van der Waals surface area contributed by atoms with Gasteiger partial charge in [-0.15, -0.1) is 0 Å². The van der Waals surface area contributed by atoms with Gasteiger partial charge in [0, 0.05) is 43.7 Å². The number of benzene rings is 1. The highest BCUT2D eigenvalue weighted by atomic mass is 16.2. The summed E-state index contributed by atoms with van der Waals surface area (Å²) in [7, 11) is 0. The van der Waals surface area contributed by atoms with Crippen LogP contribution in [0.3, 0.4) is 0 Å². The molecule has 5 heteroatoms. The van der Waals surface area contributed by atoms with Crippen LogP contribution in [0.15, 0.2) is 36.7 Å². The van der Waals surface area contributed by atoms with Gasteiger partial charge in [0.05, 0.1) is 5.69 Å². The first-order valence-electron chi connectivity index (χ1n) is 9.63. The second-order valence-corrected chi connectivity index (χ2v) is 7.42. The molecule has 2 aliphatic rings. The molecule has 26 heavy (non-hydrogen) atoms. The highest BCUT2D eigenvalue weighted by molar-refractivity contribution is 5.79. The van der Waals surface area contributed by atoms with E-state index in [1.807, 2.05) is 0 Å². The summed E-state index contributed by atoms with van der Waals surface area (Å²) in [5.41, 5.74) is 3.30. The molecule has 0 aliphatic carbocycles. The summed E-state index contributed by atoms with van der Waals surface area (Å²) in [6.07, 6.45) is 5.80. The average Bonchev–Trinajstić information content (AvgIpc) is 3.22. The first-order chi connectivity index (χ1) is 12.7. The lowest BCUT2D eigenvalue weighted by Crippen LogP contribution is -2.41. The molecule has 136 valence electrons. The molecular formula is C21H26N4O. The van der Waals surface area contributed by atoms with Crippen LogP contribution in [-0.4, -0.2) is 47.0 Å². The number of hydrogen-bond acceptors (Lipinski definition) is 4. The van der Waals surface area contributed by atoms with Crippen LogP contribution in [0.4, 0.5) is 5.82 Å². The third kappa shape index (κ3) is 3.57. The number of rotatable bonds is 3. The van der Waals surface area contributed by atoms with Gasteiger partial charge >= 0.3 is 0 Å². The van der Waals surface area contributed by atoms with Crippen LogP contribution >= 0.6 is 0 Å². The average molecular weight is 350 g/mol. The molecule has 0 bridgehead atoms. The molecule has 5 nitrogen and oxygen atoms in total. The van der Waals surface area contributed by atoms with Crippen LogP contribution in [-0.2, 0) is 4.79 Å². The van der Waals surface area contributed by atoms with E-state index in [2.05, 4.69) is 57.0 Å². The standard InChI is InChI=1S/C21H26N4O/c1-16-5-4-6-18(13-16)19-14-20(23-15-22-19)24-11-7-17(8-12-24)21(26)25-9-2-3-10-25/h4-6,13-15,17H,2-3,7-12H2,1H3. The lowest BCUT2D eigenvalue weighted by Gasteiger charge is -2.33. The van der Waals surface area contributed by atoms with Crippen LogP contribution in [0.25, 0.3) is 11.3 Å². The Morgan fingerprint density at radius 1 is 1.04 bits per heavy atom. The quantitative estimate of drug-likeness (QED) is 0.852. The second kappa shape index (κ2) is 7.44. The van der Waals surface area contributed by atoms with Crippen molar-refractivity contribution >= 4 is 11.7 Å². The fraction of sp³-hybridized carbons (Fsp3) is 0.476. The summed E-state index contributed by atoms with van der Waals surface area (Å²) in [5.74, 6) is 1.51. The van der Waals surface area contributed by atoms with Gasteiger partial charge in [0.15, 0.2) is 0 Å². The molecule has 2 aliphatic heterocycles. The van der Waals surface area contributed by atoms with E-state index in [1.54, 1.807) is 6.33 Å². The number of nitrogens with zero attached hydrogens (tertiary/aromatic N) is 4. The Balaban J connectivity index is 1.43. The summed E-state index contributed by atoms with van der Waals surface area (Å²) >= 11 is 0. The molecule has 2 saturated heterocycles. The minimum Gasteiger partial charge on any atom is -0.356 e. The normalized spacial score (nSPS) is 18.3. The summed E-state index contributed by atoms with van der Waals surface area (Å²) in [5, 5.41) is 0. The van der Waals surface area contributed by atoms with Gasteiger partial charge in [-0.25, -0.2) is 9.97 Å². The highest BCUT2D eigenvalue weighted by Gasteiger charge is 2.30. The zero-order valence-electron chi connectivity index (χ0n) is 15.4. The molecule has 2 aromatic rings. The van der Waals surface area contributed by atoms with Gasteiger partial charge in [-0.2, -0.15) is 0 Å². The Kier molecular flexibility index (Phi) is 4.87. The van der Waals surface area contributed by atoms with Crippen LogP contribution in [0.5, 0.6) is 0 Å². The third-order valence-corrected chi connectivity index (χ3v) is 5.55. The van der Waals surface area contributed by atoms with E-state index >= 15 is 0 Å². The predicted molar refractivity (Wildman–Crippen MR) is 103 cm³/mol. The molecule has 0 unspecified atom stereocenters. The van der Waals surface area contributed by atoms with Gasteiger partial charge in [0.1, 0.15) is 12.1 Å². The van der Waals surface area contributed by atoms with Gasteiger partial charge in [-0.1, -0.05) is 23.8 Å². The van der Waals surface area contributed by atoms with E-state index in [-0.39, 0.29) is 5.92 Å². The minimum absolute atomic E-state index is 0.183. The predicted octanol–water partition coefficient (Wildman–Crippen LogP) is 3.29. The van der Waals surface area contributed by atoms with E-state index in [0.717, 1.165) is 68.9 Å². The van der Waals surface area contributed by atoms with E-state index in [1.165, 1.54) is 5.56 Å². The number of carbonyl (C=O) groups is 1. The summed E-state index contributed by atoms with van der Waals surface area (Å²) in [6.45, 7) is 5.76. The Morgan fingerprint density at radius 2 is 1.81 bits per heavy atom. The van der Waals surface area contributed by atoms with E-state index in [0.29, 0.717) is 5.91 Å². The number of likely N-dealkylation sites (tertiary alicyclic amines) is 1.